The summed E-state index contributed by atoms with van der Waals surface area (Å²) in [5.74, 6) is 0.937. The Bertz CT molecular complexity index is 608. The molecule has 3 N–H and O–H groups in total. The minimum atomic E-state index is -0.231. The molecule has 132 valence electrons. The van der Waals surface area contributed by atoms with Crippen molar-refractivity contribution in [2.75, 3.05) is 19.6 Å². The Morgan fingerprint density at radius 2 is 2.33 bits per heavy atom. The van der Waals surface area contributed by atoms with Crippen LogP contribution in [0.2, 0.25) is 5.02 Å². The molecule has 0 aliphatic carbocycles. The van der Waals surface area contributed by atoms with Crippen molar-refractivity contribution in [3.8, 4) is 0 Å². The van der Waals surface area contributed by atoms with Gasteiger partial charge in [0.1, 0.15) is 0 Å². The van der Waals surface area contributed by atoms with E-state index in [0.29, 0.717) is 23.9 Å². The van der Waals surface area contributed by atoms with Crippen LogP contribution >= 0.6 is 27.5 Å². The molecule has 1 amide bonds. The average molecular weight is 416 g/mol. The first kappa shape index (κ1) is 19.1. The highest BCUT2D eigenvalue weighted by Gasteiger charge is 2.23. The summed E-state index contributed by atoms with van der Waals surface area (Å²) in [6.07, 6.45) is 2.52. The first-order valence-electron chi connectivity index (χ1n) is 8.25. The van der Waals surface area contributed by atoms with Crippen molar-refractivity contribution in [3.05, 3.63) is 33.3 Å². The number of guanidine groups is 1. The molecule has 1 fully saturated rings. The number of rotatable bonds is 5. The third-order valence-electron chi connectivity index (χ3n) is 4.06. The number of hydrogen-bond donors (Lipinski definition) is 2. The molecule has 0 saturated carbocycles. The molecule has 1 heterocycles. The van der Waals surface area contributed by atoms with Crippen molar-refractivity contribution in [2.24, 2.45) is 16.6 Å². The Hall–Kier alpha value is -1.27. The van der Waals surface area contributed by atoms with E-state index in [1.165, 1.54) is 0 Å². The molecule has 24 heavy (non-hydrogen) atoms. The van der Waals surface area contributed by atoms with Gasteiger partial charge in [0.15, 0.2) is 5.96 Å². The molecule has 1 aliphatic rings. The Morgan fingerprint density at radius 1 is 1.54 bits per heavy atom. The number of hydrogen-bond acceptors (Lipinski definition) is 2. The van der Waals surface area contributed by atoms with Crippen LogP contribution in [0.5, 0.6) is 0 Å². The molecule has 1 unspecified atom stereocenters. The molecule has 5 nitrogen and oxygen atoms in total. The van der Waals surface area contributed by atoms with Gasteiger partial charge >= 0.3 is 0 Å². The number of likely N-dealkylation sites (tertiary alicyclic amines) is 1. The van der Waals surface area contributed by atoms with Gasteiger partial charge in [-0.1, -0.05) is 33.6 Å². The van der Waals surface area contributed by atoms with Crippen molar-refractivity contribution < 1.29 is 4.79 Å². The maximum atomic E-state index is 11.2. The lowest BCUT2D eigenvalue weighted by molar-refractivity contribution is -0.119. The fraction of sp³-hybridized carbons (Fsp3) is 0.529. The van der Waals surface area contributed by atoms with E-state index < -0.39 is 0 Å². The van der Waals surface area contributed by atoms with E-state index >= 15 is 0 Å². The van der Waals surface area contributed by atoms with Crippen LogP contribution in [-0.2, 0) is 11.3 Å². The van der Waals surface area contributed by atoms with Gasteiger partial charge in [-0.25, -0.2) is 4.99 Å². The number of nitrogens with zero attached hydrogens (tertiary/aromatic N) is 2. The van der Waals surface area contributed by atoms with E-state index in [1.54, 1.807) is 0 Å². The van der Waals surface area contributed by atoms with Gasteiger partial charge in [-0.15, -0.1) is 0 Å². The number of nitrogens with one attached hydrogen (secondary N) is 1. The molecular formula is C17H24BrClN4O. The highest BCUT2D eigenvalue weighted by Crippen LogP contribution is 2.23. The quantitative estimate of drug-likeness (QED) is 0.573. The van der Waals surface area contributed by atoms with Crippen LogP contribution in [0.1, 0.15) is 31.7 Å². The van der Waals surface area contributed by atoms with Crippen molar-refractivity contribution in [3.63, 3.8) is 0 Å². The lowest BCUT2D eigenvalue weighted by atomic mass is 9.95. The number of piperidine rings is 1. The third-order valence-corrected chi connectivity index (χ3v) is 4.90. The van der Waals surface area contributed by atoms with Crippen LogP contribution < -0.4 is 11.1 Å². The summed E-state index contributed by atoms with van der Waals surface area (Å²) in [7, 11) is 0. The van der Waals surface area contributed by atoms with Crippen LogP contribution in [0.15, 0.2) is 27.7 Å². The first-order valence-corrected chi connectivity index (χ1v) is 9.42. The molecular weight excluding hydrogens is 392 g/mol. The lowest BCUT2D eigenvalue weighted by Crippen LogP contribution is -2.47. The highest BCUT2D eigenvalue weighted by molar-refractivity contribution is 9.10. The number of aliphatic imine (C=N–C) groups is 1. The molecule has 0 spiro atoms. The predicted octanol–water partition coefficient (Wildman–Crippen LogP) is 3.16. The number of carbonyl (C=O) groups excluding carboxylic acids is 1. The number of amides is 1. The van der Waals surface area contributed by atoms with Gasteiger partial charge in [-0.2, -0.15) is 0 Å². The Kier molecular flexibility index (Phi) is 7.37. The van der Waals surface area contributed by atoms with Crippen molar-refractivity contribution >= 4 is 39.4 Å². The zero-order valence-corrected chi connectivity index (χ0v) is 16.2. The van der Waals surface area contributed by atoms with Gasteiger partial charge in [0.05, 0.1) is 6.54 Å². The Labute approximate surface area is 156 Å². The van der Waals surface area contributed by atoms with Crippen molar-refractivity contribution in [2.45, 2.75) is 32.7 Å². The van der Waals surface area contributed by atoms with Gasteiger partial charge in [0.25, 0.3) is 0 Å². The van der Waals surface area contributed by atoms with E-state index in [0.717, 1.165) is 48.5 Å². The molecule has 1 aromatic carbocycles. The molecule has 0 radical (unpaired) electrons. The summed E-state index contributed by atoms with van der Waals surface area (Å²) in [6, 6.07) is 5.82. The van der Waals surface area contributed by atoms with E-state index in [2.05, 4.69) is 26.1 Å². The van der Waals surface area contributed by atoms with Crippen LogP contribution in [0, 0.1) is 5.92 Å². The smallest absolute Gasteiger partial charge is 0.217 e. The second-order valence-electron chi connectivity index (χ2n) is 6.03. The van der Waals surface area contributed by atoms with E-state index in [4.69, 9.17) is 22.3 Å². The largest absolute Gasteiger partial charge is 0.370 e. The van der Waals surface area contributed by atoms with Crippen LogP contribution in [-0.4, -0.2) is 36.4 Å². The number of benzene rings is 1. The van der Waals surface area contributed by atoms with Crippen LogP contribution in [0.4, 0.5) is 0 Å². The van der Waals surface area contributed by atoms with E-state index in [-0.39, 0.29) is 5.91 Å². The molecule has 1 aromatic rings. The normalized spacial score (nSPS) is 18.5. The van der Waals surface area contributed by atoms with Crippen LogP contribution in [0.25, 0.3) is 0 Å². The Morgan fingerprint density at radius 3 is 3.00 bits per heavy atom. The average Bonchev–Trinajstić information content (AvgIpc) is 2.52. The van der Waals surface area contributed by atoms with Crippen LogP contribution in [0.3, 0.4) is 0 Å². The molecule has 2 rings (SSSR count). The topological polar surface area (TPSA) is 70.7 Å². The number of halogens is 2. The van der Waals surface area contributed by atoms with E-state index in [1.807, 2.05) is 25.1 Å². The van der Waals surface area contributed by atoms with Crippen molar-refractivity contribution in [1.82, 2.24) is 10.2 Å². The predicted molar refractivity (Wildman–Crippen MR) is 102 cm³/mol. The first-order chi connectivity index (χ1) is 11.5. The lowest BCUT2D eigenvalue weighted by Gasteiger charge is -2.34. The van der Waals surface area contributed by atoms with Gasteiger partial charge in [-0.05, 0) is 43.4 Å². The molecule has 1 saturated heterocycles. The second-order valence-corrected chi connectivity index (χ2v) is 7.35. The van der Waals surface area contributed by atoms with Gasteiger partial charge in [0.2, 0.25) is 5.91 Å². The molecule has 1 atom stereocenters. The summed E-state index contributed by atoms with van der Waals surface area (Å²) in [6.45, 7) is 5.11. The fourth-order valence-electron chi connectivity index (χ4n) is 2.94. The fourth-order valence-corrected chi connectivity index (χ4v) is 3.68. The SMILES string of the molecule is CCNC(=NCc1ccc(Br)cc1Cl)N1CCCC(CC(N)=O)C1. The van der Waals surface area contributed by atoms with E-state index in [9.17, 15) is 4.79 Å². The maximum Gasteiger partial charge on any atom is 0.217 e. The summed E-state index contributed by atoms with van der Waals surface area (Å²) in [5, 5.41) is 4.04. The highest BCUT2D eigenvalue weighted by atomic mass is 79.9. The monoisotopic (exact) mass is 414 g/mol. The Balaban J connectivity index is 2.08. The van der Waals surface area contributed by atoms with Gasteiger partial charge in [0, 0.05) is 35.6 Å². The molecule has 7 heteroatoms. The summed E-state index contributed by atoms with van der Waals surface area (Å²) < 4.78 is 0.956. The van der Waals surface area contributed by atoms with Gasteiger partial charge in [-0.3, -0.25) is 4.79 Å². The number of nitrogens with two attached hydrogens (primary N) is 1. The zero-order valence-electron chi connectivity index (χ0n) is 13.9. The minimum absolute atomic E-state index is 0.231. The van der Waals surface area contributed by atoms with Crippen molar-refractivity contribution in [1.29, 1.82) is 0 Å². The summed E-state index contributed by atoms with van der Waals surface area (Å²) in [5.41, 5.74) is 6.33. The second kappa shape index (κ2) is 9.28. The third kappa shape index (κ3) is 5.67. The maximum absolute atomic E-state index is 11.2. The summed E-state index contributed by atoms with van der Waals surface area (Å²) in [4.78, 5) is 18.1. The zero-order chi connectivity index (χ0) is 17.5. The molecule has 1 aliphatic heterocycles. The molecule has 0 bridgehead atoms. The standard InChI is InChI=1S/C17H24BrClN4O/c1-2-21-17(22-10-13-5-6-14(18)9-15(13)19)23-7-3-4-12(11-23)8-16(20)24/h5-6,9,12H,2-4,7-8,10-11H2,1H3,(H2,20,24)(H,21,22). The number of carbonyl (C=O) groups is 1. The van der Waals surface area contributed by atoms with Gasteiger partial charge < -0.3 is 16.0 Å². The molecule has 0 aromatic heterocycles. The summed E-state index contributed by atoms with van der Waals surface area (Å²) >= 11 is 9.68. The number of primary amides is 1. The minimum Gasteiger partial charge on any atom is -0.370 e.